The van der Waals surface area contributed by atoms with Crippen LogP contribution in [0.4, 0.5) is 0 Å². The van der Waals surface area contributed by atoms with Crippen LogP contribution in [0.3, 0.4) is 0 Å². The third kappa shape index (κ3) is 5.66. The van der Waals surface area contributed by atoms with Crippen molar-refractivity contribution in [2.45, 2.75) is 18.4 Å². The summed E-state index contributed by atoms with van der Waals surface area (Å²) in [5, 5.41) is 2.84. The van der Waals surface area contributed by atoms with Gasteiger partial charge < -0.3 is 11.1 Å². The Hall–Kier alpha value is -3.66. The smallest absolute Gasteiger partial charge is 0.240 e. The Kier molecular flexibility index (Phi) is 6.95. The average molecular weight is 384 g/mol. The van der Waals surface area contributed by atoms with Crippen molar-refractivity contribution in [3.05, 3.63) is 114 Å². The van der Waals surface area contributed by atoms with Gasteiger partial charge in [0.05, 0.1) is 5.92 Å². The Balaban J connectivity index is 1.77. The fraction of sp³-hybridized carbons (Fsp3) is 0.120. The quantitative estimate of drug-likeness (QED) is 0.618. The number of amides is 2. The van der Waals surface area contributed by atoms with E-state index in [1.807, 2.05) is 103 Å². The van der Waals surface area contributed by atoms with Crippen molar-refractivity contribution in [3.63, 3.8) is 0 Å². The van der Waals surface area contributed by atoms with Gasteiger partial charge >= 0.3 is 0 Å². The second kappa shape index (κ2) is 10.0. The number of carbonyl (C=O) groups is 2. The third-order valence-corrected chi connectivity index (χ3v) is 4.67. The van der Waals surface area contributed by atoms with Gasteiger partial charge in [-0.3, -0.25) is 9.59 Å². The number of benzene rings is 3. The van der Waals surface area contributed by atoms with Crippen LogP contribution >= 0.6 is 0 Å². The normalized spacial score (nSPS) is 12.0. The van der Waals surface area contributed by atoms with Gasteiger partial charge in [0, 0.05) is 0 Å². The highest BCUT2D eigenvalue weighted by Gasteiger charge is 2.26. The molecule has 3 aromatic carbocycles. The fourth-order valence-corrected chi connectivity index (χ4v) is 3.19. The first-order valence-corrected chi connectivity index (χ1v) is 9.56. The number of hydrogen-bond donors (Lipinski definition) is 2. The minimum atomic E-state index is -0.780. The molecule has 3 aromatic rings. The predicted molar refractivity (Wildman–Crippen MR) is 116 cm³/mol. The molecule has 146 valence electrons. The van der Waals surface area contributed by atoms with Crippen molar-refractivity contribution in [1.29, 1.82) is 0 Å². The van der Waals surface area contributed by atoms with Gasteiger partial charge in [-0.25, -0.2) is 0 Å². The molecule has 0 heterocycles. The number of primary amides is 1. The highest BCUT2D eigenvalue weighted by atomic mass is 16.2. The fourth-order valence-electron chi connectivity index (χ4n) is 3.19. The zero-order valence-corrected chi connectivity index (χ0v) is 16.1. The molecule has 0 aliphatic rings. The van der Waals surface area contributed by atoms with Gasteiger partial charge in [0.25, 0.3) is 0 Å². The largest absolute Gasteiger partial charge is 0.368 e. The van der Waals surface area contributed by atoms with Crippen LogP contribution in [-0.4, -0.2) is 17.9 Å². The lowest BCUT2D eigenvalue weighted by atomic mass is 9.90. The van der Waals surface area contributed by atoms with E-state index in [1.54, 1.807) is 0 Å². The van der Waals surface area contributed by atoms with Crippen molar-refractivity contribution >= 4 is 17.9 Å². The third-order valence-electron chi connectivity index (χ3n) is 4.67. The molecule has 0 fully saturated rings. The van der Waals surface area contributed by atoms with Gasteiger partial charge in [0.1, 0.15) is 6.04 Å². The summed E-state index contributed by atoms with van der Waals surface area (Å²) in [4.78, 5) is 25.1. The zero-order valence-electron chi connectivity index (χ0n) is 16.1. The van der Waals surface area contributed by atoms with Crippen LogP contribution in [0.2, 0.25) is 0 Å². The lowest BCUT2D eigenvalue weighted by Gasteiger charge is -2.21. The molecular formula is C25H24N2O2. The van der Waals surface area contributed by atoms with E-state index in [0.717, 1.165) is 16.7 Å². The maximum atomic E-state index is 13.1. The number of nitrogens with one attached hydrogen (secondary N) is 1. The second-order valence-corrected chi connectivity index (χ2v) is 6.77. The molecular weight excluding hydrogens is 360 g/mol. The van der Waals surface area contributed by atoms with E-state index in [4.69, 9.17) is 5.73 Å². The second-order valence-electron chi connectivity index (χ2n) is 6.77. The lowest BCUT2D eigenvalue weighted by Crippen LogP contribution is -2.46. The summed E-state index contributed by atoms with van der Waals surface area (Å²) < 4.78 is 0. The predicted octanol–water partition coefficient (Wildman–Crippen LogP) is 3.89. The van der Waals surface area contributed by atoms with Gasteiger partial charge in [-0.2, -0.15) is 0 Å². The average Bonchev–Trinajstić information content (AvgIpc) is 2.75. The first-order valence-electron chi connectivity index (χ1n) is 9.56. The van der Waals surface area contributed by atoms with E-state index in [-0.39, 0.29) is 5.91 Å². The van der Waals surface area contributed by atoms with Crippen molar-refractivity contribution in [2.75, 3.05) is 0 Å². The summed E-state index contributed by atoms with van der Waals surface area (Å²) in [6.07, 6.45) is 4.09. The minimum Gasteiger partial charge on any atom is -0.368 e. The Bertz CT molecular complexity index is 914. The molecule has 29 heavy (non-hydrogen) atoms. The van der Waals surface area contributed by atoms with E-state index < -0.39 is 17.9 Å². The van der Waals surface area contributed by atoms with Gasteiger partial charge in [0.15, 0.2) is 0 Å². The van der Waals surface area contributed by atoms with Crippen LogP contribution in [0.5, 0.6) is 0 Å². The van der Waals surface area contributed by atoms with Crippen molar-refractivity contribution in [2.24, 2.45) is 5.73 Å². The van der Waals surface area contributed by atoms with E-state index >= 15 is 0 Å². The lowest BCUT2D eigenvalue weighted by molar-refractivity contribution is -0.127. The van der Waals surface area contributed by atoms with Crippen LogP contribution in [0.25, 0.3) is 6.08 Å². The number of nitrogens with two attached hydrogens (primary N) is 1. The molecule has 0 spiro atoms. The van der Waals surface area contributed by atoms with Crippen molar-refractivity contribution in [3.8, 4) is 0 Å². The van der Waals surface area contributed by atoms with E-state index in [2.05, 4.69) is 5.32 Å². The standard InChI is InChI=1S/C25H24N2O2/c26-24(28)22(18-10-13-19-11-4-1-5-12-19)27-25(29)23(20-14-6-2-7-15-20)21-16-8-3-9-17-21/h1-17,22-23H,18H2,(H2,26,28)(H,27,29)/b13-10+/t22-/m1/s1. The van der Waals surface area contributed by atoms with Crippen LogP contribution in [0, 0.1) is 0 Å². The molecule has 3 N–H and O–H groups in total. The van der Waals surface area contributed by atoms with Gasteiger partial charge in [-0.15, -0.1) is 0 Å². The SMILES string of the molecule is NC(=O)[C@@H](C/C=C/c1ccccc1)NC(=O)C(c1ccccc1)c1ccccc1. The Morgan fingerprint density at radius 3 is 1.76 bits per heavy atom. The first-order chi connectivity index (χ1) is 14.1. The van der Waals surface area contributed by atoms with Crippen LogP contribution in [0.15, 0.2) is 97.1 Å². The molecule has 0 aliphatic carbocycles. The molecule has 0 aliphatic heterocycles. The molecule has 0 saturated carbocycles. The summed E-state index contributed by atoms with van der Waals surface area (Å²) in [5.74, 6) is -1.33. The van der Waals surface area contributed by atoms with Crippen molar-refractivity contribution in [1.82, 2.24) is 5.32 Å². The molecule has 0 aromatic heterocycles. The van der Waals surface area contributed by atoms with E-state index in [1.165, 1.54) is 0 Å². The Morgan fingerprint density at radius 2 is 1.28 bits per heavy atom. The Morgan fingerprint density at radius 1 is 0.793 bits per heavy atom. The molecule has 4 heteroatoms. The van der Waals surface area contributed by atoms with Gasteiger partial charge in [-0.1, -0.05) is 103 Å². The van der Waals surface area contributed by atoms with E-state index in [9.17, 15) is 9.59 Å². The molecule has 0 saturated heterocycles. The summed E-state index contributed by atoms with van der Waals surface area (Å²) in [7, 11) is 0. The topological polar surface area (TPSA) is 72.2 Å². The summed E-state index contributed by atoms with van der Waals surface area (Å²) in [5.41, 5.74) is 8.30. The summed E-state index contributed by atoms with van der Waals surface area (Å²) >= 11 is 0. The highest BCUT2D eigenvalue weighted by Crippen LogP contribution is 2.25. The van der Waals surface area contributed by atoms with Gasteiger partial charge in [-0.05, 0) is 23.1 Å². The minimum absolute atomic E-state index is 0.251. The molecule has 3 rings (SSSR count). The molecule has 4 nitrogen and oxygen atoms in total. The van der Waals surface area contributed by atoms with Crippen LogP contribution < -0.4 is 11.1 Å². The molecule has 1 atom stereocenters. The number of rotatable bonds is 8. The number of hydrogen-bond acceptors (Lipinski definition) is 2. The van der Waals surface area contributed by atoms with Crippen LogP contribution in [0.1, 0.15) is 29.0 Å². The highest BCUT2D eigenvalue weighted by molar-refractivity contribution is 5.92. The summed E-state index contributed by atoms with van der Waals surface area (Å²) in [6.45, 7) is 0. The van der Waals surface area contributed by atoms with E-state index in [0.29, 0.717) is 6.42 Å². The molecule has 0 bridgehead atoms. The molecule has 0 radical (unpaired) electrons. The summed E-state index contributed by atoms with van der Waals surface area (Å²) in [6, 6.07) is 28.0. The van der Waals surface area contributed by atoms with Crippen LogP contribution in [-0.2, 0) is 9.59 Å². The maximum absolute atomic E-state index is 13.1. The Labute approximate surface area is 171 Å². The van der Waals surface area contributed by atoms with Crippen molar-refractivity contribution < 1.29 is 9.59 Å². The number of carbonyl (C=O) groups excluding carboxylic acids is 2. The monoisotopic (exact) mass is 384 g/mol. The van der Waals surface area contributed by atoms with Gasteiger partial charge in [0.2, 0.25) is 11.8 Å². The first kappa shape index (κ1) is 20.1. The maximum Gasteiger partial charge on any atom is 0.240 e. The molecule has 2 amide bonds. The molecule has 0 unspecified atom stereocenters. The zero-order chi connectivity index (χ0) is 20.5.